The van der Waals surface area contributed by atoms with Crippen LogP contribution >= 0.6 is 15.9 Å². The Hall–Kier alpha value is -2.16. The Morgan fingerprint density at radius 2 is 2.42 bits per heavy atom. The molecule has 1 aromatic carbocycles. The molecule has 0 aliphatic rings. The van der Waals surface area contributed by atoms with Crippen LogP contribution in [-0.2, 0) is 0 Å². The summed E-state index contributed by atoms with van der Waals surface area (Å²) in [5, 5.41) is 26.7. The Bertz CT molecular complexity index is 572. The second-order valence-corrected chi connectivity index (χ2v) is 4.24. The number of hydrogen-bond donors (Lipinski definition) is 3. The van der Waals surface area contributed by atoms with Crippen LogP contribution < -0.4 is 10.2 Å². The number of phenolic OH excluding ortho intramolecular Hbond substituents is 1. The van der Waals surface area contributed by atoms with Crippen LogP contribution in [0, 0.1) is 0 Å². The lowest BCUT2D eigenvalue weighted by Crippen LogP contribution is -1.96. The Kier molecular flexibility index (Phi) is 4.29. The molecule has 0 saturated carbocycles. The number of tetrazole rings is 1. The minimum atomic E-state index is 0.0603. The molecule has 2 aromatic rings. The Morgan fingerprint density at radius 3 is 3.11 bits per heavy atom. The maximum Gasteiger partial charge on any atom is 0.283 e. The van der Waals surface area contributed by atoms with Gasteiger partial charge in [0.25, 0.3) is 5.95 Å². The predicted octanol–water partition coefficient (Wildman–Crippen LogP) is 1.51. The number of aromatic amines is 1. The van der Waals surface area contributed by atoms with Gasteiger partial charge in [0.1, 0.15) is 0 Å². The molecule has 0 bridgehead atoms. The molecule has 0 fully saturated rings. The number of rotatable bonds is 5. The molecule has 1 aromatic heterocycles. The number of aromatic nitrogens is 4. The molecule has 100 valence electrons. The molecule has 2 rings (SSSR count). The van der Waals surface area contributed by atoms with Crippen molar-refractivity contribution in [3.63, 3.8) is 0 Å². The van der Waals surface area contributed by atoms with Crippen molar-refractivity contribution in [2.45, 2.75) is 6.92 Å². The highest BCUT2D eigenvalue weighted by atomic mass is 79.9. The van der Waals surface area contributed by atoms with Gasteiger partial charge in [-0.3, -0.25) is 0 Å². The number of nitrogens with zero attached hydrogens (tertiary/aromatic N) is 4. The van der Waals surface area contributed by atoms with E-state index in [0.29, 0.717) is 16.8 Å². The average Bonchev–Trinajstić information content (AvgIpc) is 2.89. The third kappa shape index (κ3) is 3.41. The lowest BCUT2D eigenvalue weighted by molar-refractivity contribution is 0.317. The second-order valence-electron chi connectivity index (χ2n) is 3.39. The van der Waals surface area contributed by atoms with Crippen molar-refractivity contribution < 1.29 is 9.84 Å². The molecule has 19 heavy (non-hydrogen) atoms. The first-order valence-electron chi connectivity index (χ1n) is 5.38. The molecule has 0 atom stereocenters. The molecule has 0 unspecified atom stereocenters. The highest BCUT2D eigenvalue weighted by Gasteiger charge is 2.08. The lowest BCUT2D eigenvalue weighted by Gasteiger charge is -2.08. The predicted molar refractivity (Wildman–Crippen MR) is 72.4 cm³/mol. The maximum atomic E-state index is 9.76. The summed E-state index contributed by atoms with van der Waals surface area (Å²) in [6.07, 6.45) is 1.54. The fourth-order valence-electron chi connectivity index (χ4n) is 1.31. The van der Waals surface area contributed by atoms with Gasteiger partial charge in [0, 0.05) is 0 Å². The number of halogens is 1. The van der Waals surface area contributed by atoms with Crippen molar-refractivity contribution in [1.82, 2.24) is 20.6 Å². The van der Waals surface area contributed by atoms with E-state index in [1.54, 1.807) is 18.3 Å². The van der Waals surface area contributed by atoms with Crippen LogP contribution in [0.3, 0.4) is 0 Å². The summed E-state index contributed by atoms with van der Waals surface area (Å²) in [7, 11) is 0. The van der Waals surface area contributed by atoms with E-state index in [0.717, 1.165) is 5.56 Å². The van der Waals surface area contributed by atoms with E-state index in [1.807, 2.05) is 6.92 Å². The summed E-state index contributed by atoms with van der Waals surface area (Å²) < 4.78 is 5.84. The van der Waals surface area contributed by atoms with Crippen molar-refractivity contribution in [2.75, 3.05) is 12.0 Å². The zero-order chi connectivity index (χ0) is 13.7. The van der Waals surface area contributed by atoms with Crippen LogP contribution in [0.4, 0.5) is 5.95 Å². The zero-order valence-electron chi connectivity index (χ0n) is 9.96. The number of phenols is 1. The molecule has 8 nitrogen and oxygen atoms in total. The fraction of sp³-hybridized carbons (Fsp3) is 0.200. The second kappa shape index (κ2) is 6.14. The Labute approximate surface area is 117 Å². The highest BCUT2D eigenvalue weighted by Crippen LogP contribution is 2.34. The van der Waals surface area contributed by atoms with Gasteiger partial charge in [-0.05, 0) is 45.8 Å². The minimum Gasteiger partial charge on any atom is -0.503 e. The molecule has 0 radical (unpaired) electrons. The van der Waals surface area contributed by atoms with Crippen LogP contribution in [0.15, 0.2) is 21.7 Å². The topological polar surface area (TPSA) is 108 Å². The Balaban J connectivity index is 2.13. The summed E-state index contributed by atoms with van der Waals surface area (Å²) in [6, 6.07) is 3.38. The molecular weight excluding hydrogens is 316 g/mol. The molecule has 0 aliphatic heterocycles. The molecule has 0 spiro atoms. The van der Waals surface area contributed by atoms with Crippen molar-refractivity contribution in [3.05, 3.63) is 22.2 Å². The number of anilines is 1. The summed E-state index contributed by atoms with van der Waals surface area (Å²) in [4.78, 5) is 0. The molecule has 0 aliphatic carbocycles. The third-order valence-corrected chi connectivity index (χ3v) is 2.68. The quantitative estimate of drug-likeness (QED) is 0.567. The number of hydrogen-bond acceptors (Lipinski definition) is 7. The van der Waals surface area contributed by atoms with Gasteiger partial charge in [-0.15, -0.1) is 5.10 Å². The number of ether oxygens (including phenoxy) is 1. The summed E-state index contributed by atoms with van der Waals surface area (Å²) in [5.41, 5.74) is 3.33. The van der Waals surface area contributed by atoms with E-state index in [1.165, 1.54) is 0 Å². The van der Waals surface area contributed by atoms with E-state index in [9.17, 15) is 5.11 Å². The molecule has 3 N–H and O–H groups in total. The molecule has 0 saturated heterocycles. The fourth-order valence-corrected chi connectivity index (χ4v) is 1.77. The van der Waals surface area contributed by atoms with Crippen molar-refractivity contribution in [1.29, 1.82) is 0 Å². The van der Waals surface area contributed by atoms with E-state index < -0.39 is 0 Å². The van der Waals surface area contributed by atoms with Gasteiger partial charge >= 0.3 is 0 Å². The van der Waals surface area contributed by atoms with Gasteiger partial charge in [-0.2, -0.15) is 10.3 Å². The minimum absolute atomic E-state index is 0.0603. The van der Waals surface area contributed by atoms with Gasteiger partial charge in [0.05, 0.1) is 17.3 Å². The normalized spacial score (nSPS) is 10.8. The van der Waals surface area contributed by atoms with Crippen LogP contribution in [0.2, 0.25) is 0 Å². The standard InChI is InChI=1S/C10H11BrN6O2/c1-2-19-8-4-6(3-7(11)9(8)18)5-12-13-10-14-16-17-15-10/h3-5,18H,2H2,1H3,(H2,13,14,15,16,17). The lowest BCUT2D eigenvalue weighted by atomic mass is 10.2. The van der Waals surface area contributed by atoms with Gasteiger partial charge in [0.15, 0.2) is 11.5 Å². The first-order chi connectivity index (χ1) is 9.20. The number of hydrazone groups is 1. The number of benzene rings is 1. The Morgan fingerprint density at radius 1 is 1.58 bits per heavy atom. The summed E-state index contributed by atoms with van der Waals surface area (Å²) in [5.74, 6) is 0.710. The monoisotopic (exact) mass is 326 g/mol. The highest BCUT2D eigenvalue weighted by molar-refractivity contribution is 9.10. The van der Waals surface area contributed by atoms with Crippen LogP contribution in [-0.4, -0.2) is 38.6 Å². The molecular formula is C10H11BrN6O2. The van der Waals surface area contributed by atoms with Crippen molar-refractivity contribution in [3.8, 4) is 11.5 Å². The number of H-pyrrole nitrogens is 1. The van der Waals surface area contributed by atoms with Crippen LogP contribution in [0.25, 0.3) is 0 Å². The largest absolute Gasteiger partial charge is 0.503 e. The first kappa shape index (κ1) is 13.3. The van der Waals surface area contributed by atoms with E-state index in [-0.39, 0.29) is 11.7 Å². The maximum absolute atomic E-state index is 9.76. The van der Waals surface area contributed by atoms with Crippen LogP contribution in [0.1, 0.15) is 12.5 Å². The number of aromatic hydroxyl groups is 1. The summed E-state index contributed by atoms with van der Waals surface area (Å²) >= 11 is 3.25. The average molecular weight is 327 g/mol. The third-order valence-electron chi connectivity index (χ3n) is 2.07. The smallest absolute Gasteiger partial charge is 0.283 e. The summed E-state index contributed by atoms with van der Waals surface area (Å²) in [6.45, 7) is 2.30. The van der Waals surface area contributed by atoms with Gasteiger partial charge < -0.3 is 9.84 Å². The molecule has 9 heteroatoms. The van der Waals surface area contributed by atoms with Crippen molar-refractivity contribution in [2.24, 2.45) is 5.10 Å². The van der Waals surface area contributed by atoms with Gasteiger partial charge in [-0.1, -0.05) is 5.10 Å². The SMILES string of the molecule is CCOc1cc(C=NNc2nn[nH]n2)cc(Br)c1O. The van der Waals surface area contributed by atoms with Gasteiger partial charge in [-0.25, -0.2) is 5.43 Å². The molecule has 1 heterocycles. The number of nitrogens with one attached hydrogen (secondary N) is 2. The first-order valence-corrected chi connectivity index (χ1v) is 6.18. The van der Waals surface area contributed by atoms with Gasteiger partial charge in [0.2, 0.25) is 0 Å². The zero-order valence-corrected chi connectivity index (χ0v) is 11.5. The van der Waals surface area contributed by atoms with E-state index >= 15 is 0 Å². The van der Waals surface area contributed by atoms with E-state index in [4.69, 9.17) is 4.74 Å². The van der Waals surface area contributed by atoms with E-state index in [2.05, 4.69) is 47.1 Å². The van der Waals surface area contributed by atoms with Crippen LogP contribution in [0.5, 0.6) is 11.5 Å². The van der Waals surface area contributed by atoms with Crippen molar-refractivity contribution >= 4 is 28.1 Å². The molecule has 0 amide bonds.